The van der Waals surface area contributed by atoms with Crippen molar-refractivity contribution in [2.75, 3.05) is 26.2 Å². The molecule has 9 heteroatoms. The summed E-state index contributed by atoms with van der Waals surface area (Å²) >= 11 is 0. The Hall–Kier alpha value is -3.20. The predicted molar refractivity (Wildman–Crippen MR) is 110 cm³/mol. The number of amides is 1. The van der Waals surface area contributed by atoms with E-state index < -0.39 is 4.92 Å². The molecule has 1 aliphatic heterocycles. The molecule has 1 amide bonds. The number of piperazine rings is 1. The molecule has 3 rings (SSSR count). The summed E-state index contributed by atoms with van der Waals surface area (Å²) in [5, 5.41) is 10.7. The highest BCUT2D eigenvalue weighted by atomic mass is 16.6. The van der Waals surface area contributed by atoms with Gasteiger partial charge in [-0.15, -0.1) is 0 Å². The van der Waals surface area contributed by atoms with Crippen molar-refractivity contribution in [2.24, 2.45) is 0 Å². The third-order valence-electron chi connectivity index (χ3n) is 5.10. The minimum absolute atomic E-state index is 0.0696. The largest absolute Gasteiger partial charge is 0.476 e. The van der Waals surface area contributed by atoms with Crippen LogP contribution in [0.3, 0.4) is 0 Å². The number of hydrogen-bond acceptors (Lipinski definition) is 7. The third-order valence-corrected chi connectivity index (χ3v) is 5.10. The maximum Gasteiger partial charge on any atom is 0.410 e. The summed E-state index contributed by atoms with van der Waals surface area (Å²) in [5.41, 5.74) is 0.891. The highest BCUT2D eigenvalue weighted by Gasteiger charge is 2.32. The van der Waals surface area contributed by atoms with Gasteiger partial charge in [0.2, 0.25) is 5.88 Å². The Morgan fingerprint density at radius 2 is 1.87 bits per heavy atom. The molecule has 160 valence electrons. The quantitative estimate of drug-likeness (QED) is 0.507. The van der Waals surface area contributed by atoms with Crippen LogP contribution < -0.4 is 4.74 Å². The highest BCUT2D eigenvalue weighted by molar-refractivity contribution is 5.68. The summed E-state index contributed by atoms with van der Waals surface area (Å²) < 4.78 is 11.1. The Morgan fingerprint density at radius 3 is 2.47 bits per heavy atom. The van der Waals surface area contributed by atoms with Crippen molar-refractivity contribution in [3.05, 3.63) is 64.3 Å². The molecule has 1 fully saturated rings. The van der Waals surface area contributed by atoms with Gasteiger partial charge < -0.3 is 14.4 Å². The molecule has 1 aromatic carbocycles. The van der Waals surface area contributed by atoms with Crippen LogP contribution in [0.15, 0.2) is 48.7 Å². The van der Waals surface area contributed by atoms with Crippen molar-refractivity contribution in [1.29, 1.82) is 0 Å². The van der Waals surface area contributed by atoms with Crippen molar-refractivity contribution in [3.63, 3.8) is 0 Å². The van der Waals surface area contributed by atoms with Gasteiger partial charge in [-0.1, -0.05) is 30.3 Å². The molecule has 0 saturated carbocycles. The number of pyridine rings is 1. The van der Waals surface area contributed by atoms with Crippen molar-refractivity contribution in [2.45, 2.75) is 32.5 Å². The van der Waals surface area contributed by atoms with E-state index in [9.17, 15) is 14.9 Å². The van der Waals surface area contributed by atoms with Gasteiger partial charge in [-0.2, -0.15) is 0 Å². The van der Waals surface area contributed by atoms with E-state index in [1.165, 1.54) is 18.3 Å². The molecule has 2 atom stereocenters. The van der Waals surface area contributed by atoms with Gasteiger partial charge in [0.05, 0.1) is 4.92 Å². The van der Waals surface area contributed by atoms with Crippen LogP contribution in [0.4, 0.5) is 10.5 Å². The summed E-state index contributed by atoms with van der Waals surface area (Å²) in [6, 6.07) is 12.8. The lowest BCUT2D eigenvalue weighted by Crippen LogP contribution is -2.58. The average molecular weight is 414 g/mol. The first-order valence-corrected chi connectivity index (χ1v) is 9.88. The van der Waals surface area contributed by atoms with E-state index in [1.807, 2.05) is 30.3 Å². The molecule has 0 bridgehead atoms. The normalized spacial score (nSPS) is 19.3. The number of benzene rings is 1. The molecule has 30 heavy (non-hydrogen) atoms. The van der Waals surface area contributed by atoms with Crippen LogP contribution in [0.2, 0.25) is 0 Å². The minimum Gasteiger partial charge on any atom is -0.476 e. The van der Waals surface area contributed by atoms with E-state index >= 15 is 0 Å². The van der Waals surface area contributed by atoms with Crippen LogP contribution in [0.25, 0.3) is 0 Å². The lowest BCUT2D eigenvalue weighted by atomic mass is 10.1. The fourth-order valence-electron chi connectivity index (χ4n) is 3.58. The second-order valence-corrected chi connectivity index (χ2v) is 7.34. The maximum absolute atomic E-state index is 12.4. The van der Waals surface area contributed by atoms with Crippen molar-refractivity contribution < 1.29 is 19.2 Å². The van der Waals surface area contributed by atoms with Crippen molar-refractivity contribution >= 4 is 11.8 Å². The fourth-order valence-corrected chi connectivity index (χ4v) is 3.58. The van der Waals surface area contributed by atoms with E-state index in [1.54, 1.807) is 4.90 Å². The number of aromatic nitrogens is 1. The Morgan fingerprint density at radius 1 is 1.17 bits per heavy atom. The number of ether oxygens (including phenoxy) is 2. The first-order chi connectivity index (χ1) is 14.4. The molecule has 0 aliphatic carbocycles. The van der Waals surface area contributed by atoms with E-state index in [2.05, 4.69) is 23.7 Å². The number of nitro groups is 1. The van der Waals surface area contributed by atoms with Gasteiger partial charge in [0, 0.05) is 43.9 Å². The van der Waals surface area contributed by atoms with Crippen molar-refractivity contribution in [1.82, 2.24) is 14.8 Å². The van der Waals surface area contributed by atoms with Crippen LogP contribution in [0.1, 0.15) is 19.4 Å². The predicted octanol–water partition coefficient (Wildman–Crippen LogP) is 3.10. The number of hydrogen-bond donors (Lipinski definition) is 0. The molecule has 1 saturated heterocycles. The Labute approximate surface area is 175 Å². The second-order valence-electron chi connectivity index (χ2n) is 7.34. The standard InChI is InChI=1S/C21H26N4O5/c1-16-13-23(21(26)30-15-18-6-4-3-5-7-18)14-17(2)24(16)10-11-29-20-9-8-19(12-22-20)25(27)28/h3-9,12,16-17H,10-11,13-15H2,1-2H3/t16-,17+. The van der Waals surface area contributed by atoms with Gasteiger partial charge in [0.1, 0.15) is 19.4 Å². The molecule has 0 unspecified atom stereocenters. The zero-order valence-corrected chi connectivity index (χ0v) is 17.1. The maximum atomic E-state index is 12.4. The Bertz CT molecular complexity index is 834. The van der Waals surface area contributed by atoms with E-state index in [4.69, 9.17) is 9.47 Å². The molecule has 1 aliphatic rings. The molecule has 9 nitrogen and oxygen atoms in total. The summed E-state index contributed by atoms with van der Waals surface area (Å²) in [5.74, 6) is 0.351. The van der Waals surface area contributed by atoms with Gasteiger partial charge in [-0.25, -0.2) is 9.78 Å². The van der Waals surface area contributed by atoms with Crippen LogP contribution in [-0.4, -0.2) is 64.1 Å². The lowest BCUT2D eigenvalue weighted by molar-refractivity contribution is -0.385. The Kier molecular flexibility index (Phi) is 7.18. The van der Waals surface area contributed by atoms with Crippen molar-refractivity contribution in [3.8, 4) is 5.88 Å². The number of nitrogens with zero attached hydrogens (tertiary/aromatic N) is 4. The van der Waals surface area contributed by atoms with Crippen LogP contribution >= 0.6 is 0 Å². The van der Waals surface area contributed by atoms with Gasteiger partial charge in [-0.05, 0) is 19.4 Å². The lowest BCUT2D eigenvalue weighted by Gasteiger charge is -2.43. The highest BCUT2D eigenvalue weighted by Crippen LogP contribution is 2.18. The van der Waals surface area contributed by atoms with Gasteiger partial charge in [-0.3, -0.25) is 15.0 Å². The van der Waals surface area contributed by atoms with Gasteiger partial charge in [0.25, 0.3) is 5.69 Å². The molecule has 0 N–H and O–H groups in total. The summed E-state index contributed by atoms with van der Waals surface area (Å²) in [4.78, 5) is 30.6. The van der Waals surface area contributed by atoms with Crippen LogP contribution in [-0.2, 0) is 11.3 Å². The van der Waals surface area contributed by atoms with Gasteiger partial charge in [0.15, 0.2) is 0 Å². The first-order valence-electron chi connectivity index (χ1n) is 9.88. The summed E-state index contributed by atoms with van der Waals surface area (Å²) in [6.07, 6.45) is 0.879. The fraction of sp³-hybridized carbons (Fsp3) is 0.429. The first kappa shape index (κ1) is 21.5. The van der Waals surface area contributed by atoms with Crippen LogP contribution in [0.5, 0.6) is 5.88 Å². The number of rotatable bonds is 7. The third kappa shape index (κ3) is 5.66. The van der Waals surface area contributed by atoms with E-state index in [-0.39, 0.29) is 30.5 Å². The zero-order valence-electron chi connectivity index (χ0n) is 17.1. The molecular formula is C21H26N4O5. The monoisotopic (exact) mass is 414 g/mol. The van der Waals surface area contributed by atoms with Gasteiger partial charge >= 0.3 is 6.09 Å². The second kappa shape index (κ2) is 10.0. The molecule has 2 aromatic rings. The molecule has 0 radical (unpaired) electrons. The molecule has 2 heterocycles. The summed E-state index contributed by atoms with van der Waals surface area (Å²) in [6.45, 7) is 6.61. The molecule has 1 aromatic heterocycles. The van der Waals surface area contributed by atoms with E-state index in [0.717, 1.165) is 5.56 Å². The SMILES string of the molecule is C[C@@H]1CN(C(=O)OCc2ccccc2)C[C@H](C)N1CCOc1ccc([N+](=O)[O-])cn1. The van der Waals surface area contributed by atoms with E-state index in [0.29, 0.717) is 32.1 Å². The van der Waals surface area contributed by atoms with Crippen LogP contribution in [0, 0.1) is 10.1 Å². The summed E-state index contributed by atoms with van der Waals surface area (Å²) in [7, 11) is 0. The minimum atomic E-state index is -0.496. The topological polar surface area (TPSA) is 98.0 Å². The zero-order chi connectivity index (χ0) is 21.5. The Balaban J connectivity index is 1.44. The molecule has 0 spiro atoms. The number of carbonyl (C=O) groups excluding carboxylic acids is 1. The smallest absolute Gasteiger partial charge is 0.410 e. The number of carbonyl (C=O) groups is 1. The average Bonchev–Trinajstić information content (AvgIpc) is 2.74. The molecular weight excluding hydrogens is 388 g/mol.